The van der Waals surface area contributed by atoms with Crippen molar-refractivity contribution < 1.29 is 34.5 Å². The molecule has 1 saturated carbocycles. The monoisotopic (exact) mass is 418 g/mol. The van der Waals surface area contributed by atoms with Crippen LogP contribution in [0, 0.1) is 16.7 Å². The molecule has 172 valence electrons. The summed E-state index contributed by atoms with van der Waals surface area (Å²) < 4.78 is 0. The SMILES string of the molecule is CC(C)(C)OOC1(OOC(C)(C)C)CCCCC1CC(C)(C(=O)OO)C(C)(C)C. The van der Waals surface area contributed by atoms with E-state index in [0.717, 1.165) is 19.3 Å². The van der Waals surface area contributed by atoms with Gasteiger partial charge in [0, 0.05) is 12.3 Å². The summed E-state index contributed by atoms with van der Waals surface area (Å²) in [6.07, 6.45) is 3.58. The van der Waals surface area contributed by atoms with Crippen LogP contribution in [0.2, 0.25) is 0 Å². The minimum atomic E-state index is -1.17. The zero-order valence-corrected chi connectivity index (χ0v) is 20.0. The molecular formula is C22H42O7. The Morgan fingerprint density at radius 3 is 1.76 bits per heavy atom. The van der Waals surface area contributed by atoms with Crippen LogP contribution in [0.3, 0.4) is 0 Å². The normalized spacial score (nSPS) is 22.8. The van der Waals surface area contributed by atoms with Crippen molar-refractivity contribution in [1.29, 1.82) is 0 Å². The van der Waals surface area contributed by atoms with Gasteiger partial charge in [-0.1, -0.05) is 27.2 Å². The van der Waals surface area contributed by atoms with Crippen molar-refractivity contribution >= 4 is 5.97 Å². The standard InChI is InChI=1S/C22H42O7/c1-18(2,3)21(10,17(23)25-24)15-16-13-11-12-14-22(16,28-26-19(4,5)6)29-27-20(7,8)9/h16,24H,11-15H2,1-10H3. The van der Waals surface area contributed by atoms with Gasteiger partial charge in [-0.2, -0.15) is 15.0 Å². The Bertz CT molecular complexity index is 521. The second kappa shape index (κ2) is 9.18. The Labute approximate surface area is 176 Å². The number of carbonyl (C=O) groups is 1. The van der Waals surface area contributed by atoms with Gasteiger partial charge in [0.1, 0.15) is 0 Å². The number of rotatable bonds is 7. The smallest absolute Gasteiger partial charge is 0.300 e. The maximum Gasteiger partial charge on any atom is 0.348 e. The second-order valence-corrected chi connectivity index (χ2v) is 11.5. The van der Waals surface area contributed by atoms with Gasteiger partial charge in [0.05, 0.1) is 16.6 Å². The predicted molar refractivity (Wildman–Crippen MR) is 109 cm³/mol. The molecule has 0 spiro atoms. The molecule has 0 saturated heterocycles. The first-order valence-corrected chi connectivity index (χ1v) is 10.6. The molecule has 2 atom stereocenters. The summed E-state index contributed by atoms with van der Waals surface area (Å²) in [5.74, 6) is -2.04. The van der Waals surface area contributed by atoms with Crippen LogP contribution >= 0.6 is 0 Å². The first-order valence-electron chi connectivity index (χ1n) is 10.6. The Morgan fingerprint density at radius 1 is 0.897 bits per heavy atom. The fourth-order valence-electron chi connectivity index (χ4n) is 3.36. The van der Waals surface area contributed by atoms with E-state index in [1.54, 1.807) is 6.92 Å². The van der Waals surface area contributed by atoms with Gasteiger partial charge < -0.3 is 4.89 Å². The lowest BCUT2D eigenvalue weighted by atomic mass is 9.61. The third-order valence-corrected chi connectivity index (χ3v) is 5.66. The third-order valence-electron chi connectivity index (χ3n) is 5.66. The molecule has 0 heterocycles. The molecule has 0 aromatic carbocycles. The highest BCUT2D eigenvalue weighted by molar-refractivity contribution is 5.76. The summed E-state index contributed by atoms with van der Waals surface area (Å²) in [6.45, 7) is 19.0. The zero-order chi connectivity index (χ0) is 22.7. The van der Waals surface area contributed by atoms with E-state index in [4.69, 9.17) is 24.8 Å². The maximum absolute atomic E-state index is 12.6. The lowest BCUT2D eigenvalue weighted by Gasteiger charge is -2.47. The molecule has 7 heteroatoms. The van der Waals surface area contributed by atoms with Crippen LogP contribution in [-0.2, 0) is 29.2 Å². The molecule has 0 aromatic heterocycles. The molecule has 0 aromatic rings. The lowest BCUT2D eigenvalue weighted by Crippen LogP contribution is -2.52. The predicted octanol–water partition coefficient (Wildman–Crippen LogP) is 5.83. The Balaban J connectivity index is 3.29. The van der Waals surface area contributed by atoms with E-state index in [-0.39, 0.29) is 5.92 Å². The molecule has 0 bridgehead atoms. The topological polar surface area (TPSA) is 83.5 Å². The van der Waals surface area contributed by atoms with Crippen molar-refractivity contribution in [1.82, 2.24) is 0 Å². The quantitative estimate of drug-likeness (QED) is 0.316. The van der Waals surface area contributed by atoms with Crippen molar-refractivity contribution in [3.63, 3.8) is 0 Å². The second-order valence-electron chi connectivity index (χ2n) is 11.5. The third kappa shape index (κ3) is 7.17. The highest BCUT2D eigenvalue weighted by Gasteiger charge is 2.55. The van der Waals surface area contributed by atoms with E-state index in [2.05, 4.69) is 4.89 Å². The maximum atomic E-state index is 12.6. The van der Waals surface area contributed by atoms with Crippen LogP contribution in [0.5, 0.6) is 0 Å². The van der Waals surface area contributed by atoms with Gasteiger partial charge in [0.15, 0.2) is 0 Å². The van der Waals surface area contributed by atoms with E-state index in [1.165, 1.54) is 0 Å². The molecule has 0 aliphatic heterocycles. The van der Waals surface area contributed by atoms with Gasteiger partial charge in [0.2, 0.25) is 5.79 Å². The van der Waals surface area contributed by atoms with Gasteiger partial charge in [-0.3, -0.25) is 0 Å². The molecule has 1 fully saturated rings. The zero-order valence-electron chi connectivity index (χ0n) is 20.0. The highest BCUT2D eigenvalue weighted by Crippen LogP contribution is 2.51. The van der Waals surface area contributed by atoms with Crippen LogP contribution in [0.25, 0.3) is 0 Å². The summed E-state index contributed by atoms with van der Waals surface area (Å²) in [4.78, 5) is 40.1. The van der Waals surface area contributed by atoms with Crippen molar-refractivity contribution in [2.75, 3.05) is 0 Å². The fourth-order valence-corrected chi connectivity index (χ4v) is 3.36. The van der Waals surface area contributed by atoms with Gasteiger partial charge in [-0.15, -0.1) is 0 Å². The van der Waals surface area contributed by atoms with Crippen molar-refractivity contribution in [2.45, 2.75) is 118 Å². The molecule has 2 unspecified atom stereocenters. The minimum Gasteiger partial charge on any atom is -0.300 e. The highest BCUT2D eigenvalue weighted by atomic mass is 17.3. The van der Waals surface area contributed by atoms with Crippen molar-refractivity contribution in [2.24, 2.45) is 16.7 Å². The molecular weight excluding hydrogens is 376 g/mol. The molecule has 7 nitrogen and oxygen atoms in total. The van der Waals surface area contributed by atoms with Gasteiger partial charge in [0.25, 0.3) is 0 Å². The average Bonchev–Trinajstić information content (AvgIpc) is 2.56. The summed E-state index contributed by atoms with van der Waals surface area (Å²) in [7, 11) is 0. The number of hydrogen-bond donors (Lipinski definition) is 1. The molecule has 1 aliphatic rings. The molecule has 0 amide bonds. The van der Waals surface area contributed by atoms with Gasteiger partial charge >= 0.3 is 5.97 Å². The van der Waals surface area contributed by atoms with Gasteiger partial charge in [-0.25, -0.2) is 14.6 Å². The lowest BCUT2D eigenvalue weighted by molar-refractivity contribution is -0.556. The molecule has 1 aliphatic carbocycles. The first kappa shape index (κ1) is 26.3. The summed E-state index contributed by atoms with van der Waals surface area (Å²) in [5, 5.41) is 9.15. The van der Waals surface area contributed by atoms with Gasteiger partial charge in [-0.05, 0) is 73.1 Å². The number of carbonyl (C=O) groups excluding carboxylic acids is 1. The summed E-state index contributed by atoms with van der Waals surface area (Å²) in [5.41, 5.74) is -2.52. The summed E-state index contributed by atoms with van der Waals surface area (Å²) in [6, 6.07) is 0. The Hall–Kier alpha value is -0.730. The van der Waals surface area contributed by atoms with Crippen molar-refractivity contribution in [3.05, 3.63) is 0 Å². The Morgan fingerprint density at radius 2 is 1.38 bits per heavy atom. The van der Waals surface area contributed by atoms with E-state index in [1.807, 2.05) is 62.3 Å². The Kier molecular flexibility index (Phi) is 8.33. The molecule has 1 N–H and O–H groups in total. The largest absolute Gasteiger partial charge is 0.348 e. The van der Waals surface area contributed by atoms with Crippen LogP contribution < -0.4 is 0 Å². The first-order chi connectivity index (χ1) is 13.0. The molecule has 1 rings (SSSR count). The van der Waals surface area contributed by atoms with E-state index in [0.29, 0.717) is 12.8 Å². The van der Waals surface area contributed by atoms with E-state index < -0.39 is 33.8 Å². The van der Waals surface area contributed by atoms with Crippen LogP contribution in [0.4, 0.5) is 0 Å². The minimum absolute atomic E-state index is 0.204. The van der Waals surface area contributed by atoms with Crippen molar-refractivity contribution in [3.8, 4) is 0 Å². The van der Waals surface area contributed by atoms with Crippen LogP contribution in [0.15, 0.2) is 0 Å². The molecule has 0 radical (unpaired) electrons. The van der Waals surface area contributed by atoms with E-state index in [9.17, 15) is 4.79 Å². The van der Waals surface area contributed by atoms with Crippen LogP contribution in [-0.4, -0.2) is 28.2 Å². The fraction of sp³-hybridized carbons (Fsp3) is 0.955. The average molecular weight is 419 g/mol. The number of hydrogen-bond acceptors (Lipinski definition) is 7. The summed E-state index contributed by atoms with van der Waals surface area (Å²) >= 11 is 0. The van der Waals surface area contributed by atoms with E-state index >= 15 is 0 Å². The molecule has 29 heavy (non-hydrogen) atoms. The van der Waals surface area contributed by atoms with Crippen LogP contribution in [0.1, 0.15) is 101 Å².